The molecular formula is C21H31NO4. The van der Waals surface area contributed by atoms with Crippen molar-refractivity contribution in [3.05, 3.63) is 29.3 Å². The number of ether oxygens (including phenoxy) is 3. The minimum atomic E-state index is -0.333. The molecule has 144 valence electrons. The SMILES string of the molecule is CCOC(=O)[C@]1(CC)C[C@@H]2CC[C@H]1N2Cc1ccc(OC)c(COC)c1. The zero-order chi connectivity index (χ0) is 18.7. The van der Waals surface area contributed by atoms with Crippen LogP contribution in [0.25, 0.3) is 0 Å². The summed E-state index contributed by atoms with van der Waals surface area (Å²) in [6, 6.07) is 7.05. The van der Waals surface area contributed by atoms with Gasteiger partial charge < -0.3 is 14.2 Å². The van der Waals surface area contributed by atoms with E-state index in [2.05, 4.69) is 24.0 Å². The molecule has 2 saturated heterocycles. The van der Waals surface area contributed by atoms with Crippen molar-refractivity contribution in [3.8, 4) is 5.75 Å². The monoisotopic (exact) mass is 361 g/mol. The zero-order valence-corrected chi connectivity index (χ0v) is 16.4. The van der Waals surface area contributed by atoms with Crippen LogP contribution in [0.3, 0.4) is 0 Å². The minimum Gasteiger partial charge on any atom is -0.496 e. The number of fused-ring (bicyclic) bond motifs is 2. The summed E-state index contributed by atoms with van der Waals surface area (Å²) in [4.78, 5) is 15.3. The van der Waals surface area contributed by atoms with Crippen molar-refractivity contribution in [2.45, 2.75) is 64.8 Å². The van der Waals surface area contributed by atoms with E-state index >= 15 is 0 Å². The van der Waals surface area contributed by atoms with Crippen molar-refractivity contribution in [1.82, 2.24) is 4.90 Å². The lowest BCUT2D eigenvalue weighted by Crippen LogP contribution is -2.43. The van der Waals surface area contributed by atoms with Crippen molar-refractivity contribution >= 4 is 5.97 Å². The van der Waals surface area contributed by atoms with Gasteiger partial charge in [-0.1, -0.05) is 13.0 Å². The predicted molar refractivity (Wildman–Crippen MR) is 100 cm³/mol. The Labute approximate surface area is 156 Å². The fourth-order valence-electron chi connectivity index (χ4n) is 4.97. The lowest BCUT2D eigenvalue weighted by Gasteiger charge is -2.34. The van der Waals surface area contributed by atoms with Gasteiger partial charge in [0.05, 0.1) is 25.7 Å². The number of carbonyl (C=O) groups is 1. The van der Waals surface area contributed by atoms with Crippen LogP contribution in [0.1, 0.15) is 50.7 Å². The molecule has 0 saturated carbocycles. The van der Waals surface area contributed by atoms with Gasteiger partial charge >= 0.3 is 5.97 Å². The second-order valence-corrected chi connectivity index (χ2v) is 7.43. The summed E-state index contributed by atoms with van der Waals surface area (Å²) in [6.07, 6.45) is 4.03. The average molecular weight is 361 g/mol. The number of benzene rings is 1. The second kappa shape index (κ2) is 7.97. The Morgan fingerprint density at radius 3 is 2.73 bits per heavy atom. The summed E-state index contributed by atoms with van der Waals surface area (Å²) >= 11 is 0. The van der Waals surface area contributed by atoms with Crippen LogP contribution in [0.15, 0.2) is 18.2 Å². The van der Waals surface area contributed by atoms with Crippen molar-refractivity contribution in [2.75, 3.05) is 20.8 Å². The Balaban J connectivity index is 1.81. The van der Waals surface area contributed by atoms with Crippen molar-refractivity contribution in [2.24, 2.45) is 5.41 Å². The third-order valence-electron chi connectivity index (χ3n) is 6.20. The molecule has 26 heavy (non-hydrogen) atoms. The van der Waals surface area contributed by atoms with Crippen LogP contribution in [-0.4, -0.2) is 43.8 Å². The quantitative estimate of drug-likeness (QED) is 0.663. The molecular weight excluding hydrogens is 330 g/mol. The van der Waals surface area contributed by atoms with Gasteiger partial charge in [-0.3, -0.25) is 9.69 Å². The highest BCUT2D eigenvalue weighted by atomic mass is 16.5. The van der Waals surface area contributed by atoms with Crippen LogP contribution < -0.4 is 4.74 Å². The highest BCUT2D eigenvalue weighted by Gasteiger charge is 2.59. The van der Waals surface area contributed by atoms with E-state index in [9.17, 15) is 4.79 Å². The van der Waals surface area contributed by atoms with Gasteiger partial charge in [0.25, 0.3) is 0 Å². The average Bonchev–Trinajstić information content (AvgIpc) is 3.17. The van der Waals surface area contributed by atoms with Crippen LogP contribution >= 0.6 is 0 Å². The van der Waals surface area contributed by atoms with E-state index in [1.165, 1.54) is 12.0 Å². The normalized spacial score (nSPS) is 27.7. The highest BCUT2D eigenvalue weighted by molar-refractivity contribution is 5.78. The van der Waals surface area contributed by atoms with Gasteiger partial charge in [-0.05, 0) is 50.3 Å². The number of hydrogen-bond donors (Lipinski definition) is 0. The molecule has 2 aliphatic rings. The van der Waals surface area contributed by atoms with Gasteiger partial charge in [0.1, 0.15) is 5.75 Å². The Kier molecular flexibility index (Phi) is 5.88. The molecule has 1 aromatic carbocycles. The molecule has 3 atom stereocenters. The second-order valence-electron chi connectivity index (χ2n) is 7.43. The largest absolute Gasteiger partial charge is 0.496 e. The van der Waals surface area contributed by atoms with Crippen molar-refractivity contribution in [1.29, 1.82) is 0 Å². The lowest BCUT2D eigenvalue weighted by atomic mass is 9.72. The number of hydrogen-bond acceptors (Lipinski definition) is 5. The molecule has 0 radical (unpaired) electrons. The molecule has 5 heteroatoms. The first kappa shape index (κ1) is 19.2. The first-order valence-electron chi connectivity index (χ1n) is 9.67. The fraction of sp³-hybridized carbons (Fsp3) is 0.667. The van der Waals surface area contributed by atoms with E-state index in [0.29, 0.717) is 19.3 Å². The van der Waals surface area contributed by atoms with Gasteiger partial charge in [0.15, 0.2) is 0 Å². The Hall–Kier alpha value is -1.59. The summed E-state index contributed by atoms with van der Waals surface area (Å²) in [5.41, 5.74) is 1.97. The maximum atomic E-state index is 12.7. The first-order chi connectivity index (χ1) is 12.6. The number of carbonyl (C=O) groups excluding carboxylic acids is 1. The molecule has 2 fully saturated rings. The molecule has 1 aromatic rings. The summed E-state index contributed by atoms with van der Waals surface area (Å²) < 4.78 is 16.2. The summed E-state index contributed by atoms with van der Waals surface area (Å²) in [6.45, 7) is 5.86. The molecule has 0 aromatic heterocycles. The number of rotatable bonds is 8. The summed E-state index contributed by atoms with van der Waals surface area (Å²) in [5, 5.41) is 0. The number of methoxy groups -OCH3 is 2. The minimum absolute atomic E-state index is 0.00509. The highest BCUT2D eigenvalue weighted by Crippen LogP contribution is 2.53. The fourth-order valence-corrected chi connectivity index (χ4v) is 4.97. The van der Waals surface area contributed by atoms with Gasteiger partial charge in [-0.25, -0.2) is 0 Å². The molecule has 0 N–H and O–H groups in total. The maximum Gasteiger partial charge on any atom is 0.313 e. The molecule has 2 aliphatic heterocycles. The van der Waals surface area contributed by atoms with Crippen molar-refractivity contribution in [3.63, 3.8) is 0 Å². The molecule has 0 aliphatic carbocycles. The molecule has 5 nitrogen and oxygen atoms in total. The molecule has 3 rings (SSSR count). The van der Waals surface area contributed by atoms with E-state index < -0.39 is 0 Å². The third kappa shape index (κ3) is 3.23. The standard InChI is InChI=1S/C21H31NO4/c1-5-21(20(23)26-6-2)12-17-8-10-19(21)22(17)13-15-7-9-18(25-4)16(11-15)14-24-3/h7,9,11,17,19H,5-6,8,10,12-14H2,1-4H3/t17-,19+,21+/m0/s1. The first-order valence-corrected chi connectivity index (χ1v) is 9.67. The number of nitrogens with zero attached hydrogens (tertiary/aromatic N) is 1. The molecule has 0 spiro atoms. The number of esters is 1. The van der Waals surface area contributed by atoms with Gasteiger partial charge in [-0.2, -0.15) is 0 Å². The Bertz CT molecular complexity index is 647. The van der Waals surface area contributed by atoms with Gasteiger partial charge in [-0.15, -0.1) is 0 Å². The van der Waals surface area contributed by atoms with Crippen LogP contribution in [0, 0.1) is 5.41 Å². The Morgan fingerprint density at radius 1 is 1.27 bits per heavy atom. The van der Waals surface area contributed by atoms with E-state index in [1.54, 1.807) is 14.2 Å². The van der Waals surface area contributed by atoms with Crippen LogP contribution in [0.5, 0.6) is 5.75 Å². The Morgan fingerprint density at radius 2 is 2.08 bits per heavy atom. The third-order valence-corrected chi connectivity index (χ3v) is 6.20. The van der Waals surface area contributed by atoms with Crippen LogP contribution in [0.2, 0.25) is 0 Å². The van der Waals surface area contributed by atoms with Crippen LogP contribution in [-0.2, 0) is 27.4 Å². The molecule has 2 bridgehead atoms. The molecule has 0 unspecified atom stereocenters. The topological polar surface area (TPSA) is 48.0 Å². The molecule has 2 heterocycles. The maximum absolute atomic E-state index is 12.7. The summed E-state index contributed by atoms with van der Waals surface area (Å²) in [7, 11) is 3.38. The smallest absolute Gasteiger partial charge is 0.313 e. The molecule has 0 amide bonds. The predicted octanol–water partition coefficient (Wildman–Crippen LogP) is 3.54. The van der Waals surface area contributed by atoms with Crippen molar-refractivity contribution < 1.29 is 19.0 Å². The zero-order valence-electron chi connectivity index (χ0n) is 16.4. The van der Waals surface area contributed by atoms with Gasteiger partial charge in [0, 0.05) is 31.3 Å². The van der Waals surface area contributed by atoms with E-state index in [0.717, 1.165) is 37.1 Å². The lowest BCUT2D eigenvalue weighted by molar-refractivity contribution is -0.157. The van der Waals surface area contributed by atoms with Gasteiger partial charge in [0.2, 0.25) is 0 Å². The van der Waals surface area contributed by atoms with E-state index in [-0.39, 0.29) is 17.4 Å². The van der Waals surface area contributed by atoms with E-state index in [4.69, 9.17) is 14.2 Å². The van der Waals surface area contributed by atoms with E-state index in [1.807, 2.05) is 13.0 Å². The van der Waals surface area contributed by atoms with Crippen LogP contribution in [0.4, 0.5) is 0 Å². The summed E-state index contributed by atoms with van der Waals surface area (Å²) in [5.74, 6) is 0.851.